The van der Waals surface area contributed by atoms with Crippen molar-refractivity contribution in [3.05, 3.63) is 77.6 Å². The minimum atomic E-state index is -3.91. The second kappa shape index (κ2) is 9.82. The summed E-state index contributed by atoms with van der Waals surface area (Å²) >= 11 is 6.00. The molecule has 2 aromatic carbocycles. The largest absolute Gasteiger partial charge is 0.490 e. The number of benzene rings is 2. The Balaban J connectivity index is 2.07. The lowest BCUT2D eigenvalue weighted by Gasteiger charge is -2.25. The van der Waals surface area contributed by atoms with Gasteiger partial charge in [-0.1, -0.05) is 17.7 Å². The number of hydrogen-bond donors (Lipinski definition) is 0. The summed E-state index contributed by atoms with van der Waals surface area (Å²) < 4.78 is 39.7. The van der Waals surface area contributed by atoms with Gasteiger partial charge in [-0.2, -0.15) is 0 Å². The Labute approximate surface area is 182 Å². The minimum absolute atomic E-state index is 0.105. The zero-order valence-electron chi connectivity index (χ0n) is 16.8. The van der Waals surface area contributed by atoms with Gasteiger partial charge >= 0.3 is 0 Å². The molecule has 0 aliphatic carbocycles. The summed E-state index contributed by atoms with van der Waals surface area (Å²) in [6.07, 6.45) is 3.29. The highest BCUT2D eigenvalue weighted by Gasteiger charge is 2.27. The fraction of sp³-hybridized carbons (Fsp3) is 0.227. The summed E-state index contributed by atoms with van der Waals surface area (Å²) in [4.78, 5) is 4.20. The summed E-state index contributed by atoms with van der Waals surface area (Å²) in [7, 11) is -3.91. The number of nitrogens with zero attached hydrogens (tertiary/aromatic N) is 2. The van der Waals surface area contributed by atoms with E-state index >= 15 is 0 Å². The number of ether oxygens (including phenoxy) is 2. The van der Waals surface area contributed by atoms with E-state index in [1.807, 2.05) is 19.9 Å². The molecule has 0 spiro atoms. The van der Waals surface area contributed by atoms with Crippen LogP contribution in [-0.2, 0) is 16.6 Å². The van der Waals surface area contributed by atoms with Gasteiger partial charge in [0.05, 0.1) is 30.3 Å². The molecule has 0 saturated heterocycles. The molecule has 1 aromatic heterocycles. The molecule has 0 aliphatic heterocycles. The Kier molecular flexibility index (Phi) is 7.18. The Bertz CT molecular complexity index is 1070. The van der Waals surface area contributed by atoms with Crippen LogP contribution in [0.2, 0.25) is 5.02 Å². The van der Waals surface area contributed by atoms with E-state index in [0.29, 0.717) is 35.4 Å². The normalized spacial score (nSPS) is 11.2. The highest BCUT2D eigenvalue weighted by molar-refractivity contribution is 7.92. The van der Waals surface area contributed by atoms with Gasteiger partial charge < -0.3 is 9.47 Å². The van der Waals surface area contributed by atoms with E-state index in [4.69, 9.17) is 21.1 Å². The van der Waals surface area contributed by atoms with Crippen molar-refractivity contribution in [2.24, 2.45) is 0 Å². The van der Waals surface area contributed by atoms with Crippen LogP contribution in [0.25, 0.3) is 0 Å². The second-order valence-corrected chi connectivity index (χ2v) is 8.62. The molecule has 0 saturated carbocycles. The van der Waals surface area contributed by atoms with Gasteiger partial charge in [0.25, 0.3) is 10.0 Å². The van der Waals surface area contributed by atoms with Crippen molar-refractivity contribution < 1.29 is 17.9 Å². The summed E-state index contributed by atoms with van der Waals surface area (Å²) in [5.41, 5.74) is 1.25. The number of rotatable bonds is 9. The lowest BCUT2D eigenvalue weighted by molar-refractivity contribution is 0.287. The molecule has 0 amide bonds. The SMILES string of the molecule is CCOc1ccc(S(=O)(=O)N(Cc2cccnc2)c2ccc(Cl)cc2)cc1OCC. The number of sulfonamides is 1. The van der Waals surface area contributed by atoms with Crippen LogP contribution >= 0.6 is 11.6 Å². The molecule has 30 heavy (non-hydrogen) atoms. The van der Waals surface area contributed by atoms with Crippen LogP contribution in [0.1, 0.15) is 19.4 Å². The maximum atomic E-state index is 13.6. The molecule has 0 unspecified atom stereocenters. The molecule has 0 N–H and O–H groups in total. The van der Waals surface area contributed by atoms with Gasteiger partial charge in [0.15, 0.2) is 11.5 Å². The van der Waals surface area contributed by atoms with Crippen LogP contribution in [-0.4, -0.2) is 26.6 Å². The first-order chi connectivity index (χ1) is 14.5. The van der Waals surface area contributed by atoms with Crippen LogP contribution in [0.4, 0.5) is 5.69 Å². The van der Waals surface area contributed by atoms with E-state index in [1.165, 1.54) is 16.4 Å². The third-order valence-corrected chi connectivity index (χ3v) is 6.29. The smallest absolute Gasteiger partial charge is 0.264 e. The molecule has 0 fully saturated rings. The van der Waals surface area contributed by atoms with Crippen molar-refractivity contribution in [3.63, 3.8) is 0 Å². The summed E-state index contributed by atoms with van der Waals surface area (Å²) in [6.45, 7) is 4.65. The molecule has 0 bridgehead atoms. The third-order valence-electron chi connectivity index (χ3n) is 4.27. The van der Waals surface area contributed by atoms with Crippen LogP contribution in [0.3, 0.4) is 0 Å². The van der Waals surface area contributed by atoms with Crippen LogP contribution in [0.15, 0.2) is 71.9 Å². The highest BCUT2D eigenvalue weighted by atomic mass is 35.5. The van der Waals surface area contributed by atoms with Crippen LogP contribution in [0, 0.1) is 0 Å². The van der Waals surface area contributed by atoms with Crippen molar-refractivity contribution in [3.8, 4) is 11.5 Å². The highest BCUT2D eigenvalue weighted by Crippen LogP contribution is 2.33. The van der Waals surface area contributed by atoms with Gasteiger partial charge in [-0.3, -0.25) is 9.29 Å². The molecule has 3 rings (SSSR count). The topological polar surface area (TPSA) is 68.7 Å². The Hall–Kier alpha value is -2.77. The van der Waals surface area contributed by atoms with E-state index in [9.17, 15) is 8.42 Å². The average molecular weight is 447 g/mol. The first kappa shape index (κ1) is 21.9. The maximum absolute atomic E-state index is 13.6. The van der Waals surface area contributed by atoms with E-state index in [0.717, 1.165) is 5.56 Å². The summed E-state index contributed by atoms with van der Waals surface area (Å²) in [5.74, 6) is 0.890. The predicted octanol–water partition coefficient (Wildman–Crippen LogP) is 4.93. The molecule has 6 nitrogen and oxygen atoms in total. The summed E-state index contributed by atoms with van der Waals surface area (Å²) in [5, 5.41) is 0.525. The number of pyridine rings is 1. The quantitative estimate of drug-likeness (QED) is 0.466. The van der Waals surface area contributed by atoms with Gasteiger partial charge in [0, 0.05) is 23.5 Å². The standard InChI is InChI=1S/C22H23ClN2O4S/c1-3-28-21-12-11-20(14-22(21)29-4-2)30(26,27)25(16-17-6-5-13-24-15-17)19-9-7-18(23)8-10-19/h5-15H,3-4,16H2,1-2H3. The fourth-order valence-corrected chi connectivity index (χ4v) is 4.49. The van der Waals surface area contributed by atoms with Gasteiger partial charge in [0.2, 0.25) is 0 Å². The van der Waals surface area contributed by atoms with Gasteiger partial charge in [0.1, 0.15) is 0 Å². The molecule has 158 valence electrons. The molecular formula is C22H23ClN2O4S. The van der Waals surface area contributed by atoms with E-state index in [-0.39, 0.29) is 11.4 Å². The van der Waals surface area contributed by atoms with Crippen molar-refractivity contribution >= 4 is 27.3 Å². The van der Waals surface area contributed by atoms with Gasteiger partial charge in [-0.25, -0.2) is 8.42 Å². The number of hydrogen-bond acceptors (Lipinski definition) is 5. The Morgan fingerprint density at radius 1 is 0.967 bits per heavy atom. The predicted molar refractivity (Wildman–Crippen MR) is 118 cm³/mol. The Morgan fingerprint density at radius 3 is 2.30 bits per heavy atom. The third kappa shape index (κ3) is 5.04. The first-order valence-electron chi connectivity index (χ1n) is 9.52. The first-order valence-corrected chi connectivity index (χ1v) is 11.3. The minimum Gasteiger partial charge on any atom is -0.490 e. The van der Waals surface area contributed by atoms with Crippen LogP contribution in [0.5, 0.6) is 11.5 Å². The zero-order valence-corrected chi connectivity index (χ0v) is 18.4. The second-order valence-electron chi connectivity index (χ2n) is 6.32. The Morgan fingerprint density at radius 2 is 1.67 bits per heavy atom. The monoisotopic (exact) mass is 446 g/mol. The van der Waals surface area contributed by atoms with Crippen molar-refractivity contribution in [2.75, 3.05) is 17.5 Å². The lowest BCUT2D eigenvalue weighted by Crippen LogP contribution is -2.30. The van der Waals surface area contributed by atoms with E-state index < -0.39 is 10.0 Å². The maximum Gasteiger partial charge on any atom is 0.264 e. The van der Waals surface area contributed by atoms with Crippen molar-refractivity contribution in [2.45, 2.75) is 25.3 Å². The molecule has 3 aromatic rings. The number of halogens is 1. The number of anilines is 1. The van der Waals surface area contributed by atoms with E-state index in [2.05, 4.69) is 4.98 Å². The lowest BCUT2D eigenvalue weighted by atomic mass is 10.2. The average Bonchev–Trinajstić information content (AvgIpc) is 2.75. The number of aromatic nitrogens is 1. The molecule has 0 radical (unpaired) electrons. The van der Waals surface area contributed by atoms with Gasteiger partial charge in [-0.15, -0.1) is 0 Å². The molecule has 8 heteroatoms. The van der Waals surface area contributed by atoms with Crippen LogP contribution < -0.4 is 13.8 Å². The van der Waals surface area contributed by atoms with Crippen molar-refractivity contribution in [1.29, 1.82) is 0 Å². The van der Waals surface area contributed by atoms with Crippen molar-refractivity contribution in [1.82, 2.24) is 4.98 Å². The van der Waals surface area contributed by atoms with Gasteiger partial charge in [-0.05, 0) is 61.9 Å². The summed E-state index contributed by atoms with van der Waals surface area (Å²) in [6, 6.07) is 14.9. The molecule has 1 heterocycles. The van der Waals surface area contributed by atoms with E-state index in [1.54, 1.807) is 48.8 Å². The molecule has 0 atom stereocenters. The fourth-order valence-electron chi connectivity index (χ4n) is 2.90. The molecular weight excluding hydrogens is 424 g/mol. The molecule has 0 aliphatic rings. The zero-order chi connectivity index (χ0) is 21.6.